The monoisotopic (exact) mass is 211 g/mol. The van der Waals surface area contributed by atoms with E-state index >= 15 is 0 Å². The standard InChI is InChI=1S/C11H17NOS/c1-12-10(8-14-3)9-6-4-5-7-11(9)13-2/h4-7,10,12H,8H2,1-3H3. The largest absolute Gasteiger partial charge is 0.496 e. The molecular formula is C11H17NOS. The summed E-state index contributed by atoms with van der Waals surface area (Å²) in [4.78, 5) is 0. The Morgan fingerprint density at radius 3 is 2.71 bits per heavy atom. The number of ether oxygens (including phenoxy) is 1. The van der Waals surface area contributed by atoms with Crippen LogP contribution in [-0.4, -0.2) is 26.2 Å². The molecule has 0 spiro atoms. The van der Waals surface area contributed by atoms with Gasteiger partial charge in [0.05, 0.1) is 7.11 Å². The molecule has 0 saturated carbocycles. The number of nitrogens with one attached hydrogen (secondary N) is 1. The smallest absolute Gasteiger partial charge is 0.123 e. The molecule has 1 atom stereocenters. The Morgan fingerprint density at radius 2 is 2.14 bits per heavy atom. The maximum absolute atomic E-state index is 5.33. The van der Waals surface area contributed by atoms with Gasteiger partial charge in [-0.2, -0.15) is 11.8 Å². The molecule has 0 aliphatic heterocycles. The Morgan fingerprint density at radius 1 is 1.43 bits per heavy atom. The Bertz CT molecular complexity index is 278. The van der Waals surface area contributed by atoms with E-state index in [-0.39, 0.29) is 0 Å². The van der Waals surface area contributed by atoms with Crippen LogP contribution in [0.2, 0.25) is 0 Å². The van der Waals surface area contributed by atoms with Crippen LogP contribution in [0.25, 0.3) is 0 Å². The molecule has 78 valence electrons. The topological polar surface area (TPSA) is 21.3 Å². The van der Waals surface area contributed by atoms with E-state index in [9.17, 15) is 0 Å². The first-order chi connectivity index (χ1) is 6.83. The summed E-state index contributed by atoms with van der Waals surface area (Å²) in [6.45, 7) is 0. The maximum Gasteiger partial charge on any atom is 0.123 e. The van der Waals surface area contributed by atoms with Crippen LogP contribution in [0.3, 0.4) is 0 Å². The van der Waals surface area contributed by atoms with Crippen LogP contribution < -0.4 is 10.1 Å². The quantitative estimate of drug-likeness (QED) is 0.807. The van der Waals surface area contributed by atoms with Gasteiger partial charge in [0.2, 0.25) is 0 Å². The zero-order valence-corrected chi connectivity index (χ0v) is 9.73. The van der Waals surface area contributed by atoms with Gasteiger partial charge in [-0.1, -0.05) is 18.2 Å². The van der Waals surface area contributed by atoms with E-state index in [1.807, 2.05) is 37.0 Å². The van der Waals surface area contributed by atoms with Crippen molar-refractivity contribution in [3.8, 4) is 5.75 Å². The molecule has 0 aliphatic rings. The van der Waals surface area contributed by atoms with E-state index in [1.165, 1.54) is 5.56 Å². The van der Waals surface area contributed by atoms with Gasteiger partial charge >= 0.3 is 0 Å². The minimum atomic E-state index is 0.362. The average Bonchev–Trinajstić information content (AvgIpc) is 2.26. The fourth-order valence-electron chi connectivity index (χ4n) is 1.45. The number of para-hydroxylation sites is 1. The second-order valence-corrected chi connectivity index (χ2v) is 3.95. The van der Waals surface area contributed by atoms with E-state index in [1.54, 1.807) is 7.11 Å². The lowest BCUT2D eigenvalue weighted by Gasteiger charge is -2.18. The molecule has 14 heavy (non-hydrogen) atoms. The highest BCUT2D eigenvalue weighted by molar-refractivity contribution is 7.98. The van der Waals surface area contributed by atoms with Crippen LogP contribution in [0, 0.1) is 0 Å². The molecular weight excluding hydrogens is 194 g/mol. The van der Waals surface area contributed by atoms with Crippen molar-refractivity contribution in [3.63, 3.8) is 0 Å². The lowest BCUT2D eigenvalue weighted by atomic mass is 10.1. The van der Waals surface area contributed by atoms with E-state index in [0.29, 0.717) is 6.04 Å². The first-order valence-electron chi connectivity index (χ1n) is 4.62. The van der Waals surface area contributed by atoms with Crippen LogP contribution in [0.1, 0.15) is 11.6 Å². The SMILES string of the molecule is CNC(CSC)c1ccccc1OC. The van der Waals surface area contributed by atoms with Crippen LogP contribution in [0.5, 0.6) is 5.75 Å². The van der Waals surface area contributed by atoms with Gasteiger partial charge in [-0.25, -0.2) is 0 Å². The predicted molar refractivity (Wildman–Crippen MR) is 63.2 cm³/mol. The molecule has 0 amide bonds. The molecule has 1 rings (SSSR count). The third-order valence-corrected chi connectivity index (χ3v) is 2.86. The lowest BCUT2D eigenvalue weighted by Crippen LogP contribution is -2.19. The number of thioether (sulfide) groups is 1. The average molecular weight is 211 g/mol. The van der Waals surface area contributed by atoms with Crippen molar-refractivity contribution in [2.24, 2.45) is 0 Å². The van der Waals surface area contributed by atoms with Gasteiger partial charge in [0.1, 0.15) is 5.75 Å². The second-order valence-electron chi connectivity index (χ2n) is 3.04. The Labute approximate surface area is 90.0 Å². The van der Waals surface area contributed by atoms with E-state index in [2.05, 4.69) is 17.6 Å². The highest BCUT2D eigenvalue weighted by Gasteiger charge is 2.12. The second kappa shape index (κ2) is 5.94. The summed E-state index contributed by atoms with van der Waals surface area (Å²) in [5.41, 5.74) is 1.23. The zero-order valence-electron chi connectivity index (χ0n) is 8.91. The van der Waals surface area contributed by atoms with Gasteiger partial charge in [-0.15, -0.1) is 0 Å². The summed E-state index contributed by atoms with van der Waals surface area (Å²) in [5, 5.41) is 3.29. The molecule has 0 fully saturated rings. The molecule has 1 N–H and O–H groups in total. The zero-order chi connectivity index (χ0) is 10.4. The molecule has 1 aromatic carbocycles. The van der Waals surface area contributed by atoms with E-state index in [4.69, 9.17) is 4.74 Å². The molecule has 3 heteroatoms. The van der Waals surface area contributed by atoms with Crippen molar-refractivity contribution < 1.29 is 4.74 Å². The Hall–Kier alpha value is -0.670. The van der Waals surface area contributed by atoms with Crippen molar-refractivity contribution in [1.29, 1.82) is 0 Å². The highest BCUT2D eigenvalue weighted by Crippen LogP contribution is 2.26. The summed E-state index contributed by atoms with van der Waals surface area (Å²) in [6.07, 6.45) is 2.11. The molecule has 0 aliphatic carbocycles. The molecule has 0 aromatic heterocycles. The maximum atomic E-state index is 5.33. The summed E-state index contributed by atoms with van der Waals surface area (Å²) in [6, 6.07) is 8.51. The summed E-state index contributed by atoms with van der Waals surface area (Å²) in [5.74, 6) is 2.01. The minimum Gasteiger partial charge on any atom is -0.496 e. The minimum absolute atomic E-state index is 0.362. The van der Waals surface area contributed by atoms with Crippen molar-refractivity contribution in [2.45, 2.75) is 6.04 Å². The van der Waals surface area contributed by atoms with Gasteiger partial charge in [-0.3, -0.25) is 0 Å². The predicted octanol–water partition coefficient (Wildman–Crippen LogP) is 2.32. The third-order valence-electron chi connectivity index (χ3n) is 2.20. The van der Waals surface area contributed by atoms with Crippen LogP contribution >= 0.6 is 11.8 Å². The van der Waals surface area contributed by atoms with Gasteiger partial charge in [-0.05, 0) is 19.4 Å². The molecule has 0 saturated heterocycles. The number of methoxy groups -OCH3 is 1. The van der Waals surface area contributed by atoms with Crippen molar-refractivity contribution >= 4 is 11.8 Å². The lowest BCUT2D eigenvalue weighted by molar-refractivity contribution is 0.404. The number of benzene rings is 1. The number of rotatable bonds is 5. The third kappa shape index (κ3) is 2.66. The van der Waals surface area contributed by atoms with Crippen molar-refractivity contribution in [3.05, 3.63) is 29.8 Å². The summed E-state index contributed by atoms with van der Waals surface area (Å²) < 4.78 is 5.33. The fraction of sp³-hybridized carbons (Fsp3) is 0.455. The molecule has 0 radical (unpaired) electrons. The Kier molecular flexibility index (Phi) is 4.84. The molecule has 1 aromatic rings. The molecule has 0 heterocycles. The number of hydrogen-bond donors (Lipinski definition) is 1. The van der Waals surface area contributed by atoms with Crippen molar-refractivity contribution in [1.82, 2.24) is 5.32 Å². The van der Waals surface area contributed by atoms with Gasteiger partial charge < -0.3 is 10.1 Å². The first kappa shape index (κ1) is 11.4. The van der Waals surface area contributed by atoms with Crippen LogP contribution in [0.4, 0.5) is 0 Å². The number of hydrogen-bond acceptors (Lipinski definition) is 3. The molecule has 2 nitrogen and oxygen atoms in total. The van der Waals surface area contributed by atoms with Gasteiger partial charge in [0, 0.05) is 17.4 Å². The Balaban J connectivity index is 2.90. The first-order valence-corrected chi connectivity index (χ1v) is 6.02. The summed E-state index contributed by atoms with van der Waals surface area (Å²) in [7, 11) is 3.69. The molecule has 0 bridgehead atoms. The molecule has 1 unspecified atom stereocenters. The fourth-order valence-corrected chi connectivity index (χ4v) is 2.13. The normalized spacial score (nSPS) is 12.5. The highest BCUT2D eigenvalue weighted by atomic mass is 32.2. The van der Waals surface area contributed by atoms with E-state index in [0.717, 1.165) is 11.5 Å². The van der Waals surface area contributed by atoms with Crippen molar-refractivity contribution in [2.75, 3.05) is 26.2 Å². The van der Waals surface area contributed by atoms with Crippen LogP contribution in [0.15, 0.2) is 24.3 Å². The van der Waals surface area contributed by atoms with Gasteiger partial charge in [0.25, 0.3) is 0 Å². The van der Waals surface area contributed by atoms with Crippen LogP contribution in [-0.2, 0) is 0 Å². The van der Waals surface area contributed by atoms with E-state index < -0.39 is 0 Å². The summed E-state index contributed by atoms with van der Waals surface area (Å²) >= 11 is 1.83. The van der Waals surface area contributed by atoms with Gasteiger partial charge in [0.15, 0.2) is 0 Å².